The Bertz CT molecular complexity index is 1390. The fourth-order valence-corrected chi connectivity index (χ4v) is 4.89. The van der Waals surface area contributed by atoms with Crippen LogP contribution in [0.2, 0.25) is 5.02 Å². The third kappa shape index (κ3) is 6.73. The molecule has 3 heterocycles. The summed E-state index contributed by atoms with van der Waals surface area (Å²) in [5, 5.41) is 3.62. The summed E-state index contributed by atoms with van der Waals surface area (Å²) in [5.41, 5.74) is 1.50. The average Bonchev–Trinajstić information content (AvgIpc) is 3.37. The largest absolute Gasteiger partial charge is 0.491 e. The molecule has 0 unspecified atom stereocenters. The summed E-state index contributed by atoms with van der Waals surface area (Å²) in [6.07, 6.45) is 2.37. The number of nitrogens with zero attached hydrogens (tertiary/aromatic N) is 3. The average molecular weight is 575 g/mol. The van der Waals surface area contributed by atoms with Crippen molar-refractivity contribution in [2.75, 3.05) is 58.5 Å². The topological polar surface area (TPSA) is 95.0 Å². The first-order valence-corrected chi connectivity index (χ1v) is 13.2. The molecule has 1 aromatic heterocycles. The number of hydrogen-bond donors (Lipinski definition) is 1. The van der Waals surface area contributed by atoms with Gasteiger partial charge in [0, 0.05) is 55.9 Å². The second-order valence-corrected chi connectivity index (χ2v) is 9.89. The van der Waals surface area contributed by atoms with E-state index in [0.29, 0.717) is 66.6 Å². The van der Waals surface area contributed by atoms with Crippen molar-refractivity contribution in [2.45, 2.75) is 18.6 Å². The van der Waals surface area contributed by atoms with Crippen LogP contribution in [-0.2, 0) is 25.4 Å². The van der Waals surface area contributed by atoms with Crippen LogP contribution in [0.25, 0.3) is 10.9 Å². The van der Waals surface area contributed by atoms with Crippen molar-refractivity contribution in [3.8, 4) is 5.75 Å². The van der Waals surface area contributed by atoms with Gasteiger partial charge in [-0.15, -0.1) is 0 Å². The van der Waals surface area contributed by atoms with Gasteiger partial charge in [-0.2, -0.15) is 0 Å². The highest BCUT2D eigenvalue weighted by Crippen LogP contribution is 2.32. The molecule has 40 heavy (non-hydrogen) atoms. The van der Waals surface area contributed by atoms with E-state index >= 15 is 0 Å². The van der Waals surface area contributed by atoms with Crippen LogP contribution in [0.5, 0.6) is 5.75 Å². The zero-order valence-electron chi connectivity index (χ0n) is 21.9. The van der Waals surface area contributed by atoms with Crippen molar-refractivity contribution in [3.63, 3.8) is 0 Å². The first kappa shape index (κ1) is 28.3. The number of aromatic nitrogens is 2. The highest BCUT2D eigenvalue weighted by molar-refractivity contribution is 6.31. The Balaban J connectivity index is 1.36. The molecule has 9 nitrogen and oxygen atoms in total. The molecule has 2 saturated heterocycles. The first-order valence-electron chi connectivity index (χ1n) is 12.9. The molecule has 0 bridgehead atoms. The van der Waals surface area contributed by atoms with Crippen LogP contribution in [0.4, 0.5) is 20.3 Å². The predicted molar refractivity (Wildman–Crippen MR) is 145 cm³/mol. The summed E-state index contributed by atoms with van der Waals surface area (Å²) in [5.74, 6) is -1.27. The van der Waals surface area contributed by atoms with Gasteiger partial charge in [-0.25, -0.2) is 18.7 Å². The molecule has 2 aliphatic rings. The second kappa shape index (κ2) is 13.0. The molecule has 2 aliphatic heterocycles. The van der Waals surface area contributed by atoms with Gasteiger partial charge in [0.15, 0.2) is 11.6 Å². The smallest absolute Gasteiger partial charge is 0.195 e. The molecule has 0 amide bonds. The SMILES string of the molecule is COCCOc1cc2ncnc(Nc3ccc(F)c(Cl)c3)c2cc1CC(=O)/C(F)=C\CN1C[C@@H]2OCCO[C@@H]2C1. The lowest BCUT2D eigenvalue weighted by molar-refractivity contribution is -0.116. The highest BCUT2D eigenvalue weighted by Gasteiger charge is 2.36. The number of Topliss-reactive ketones (excluding diaryl/α,β-unsaturated/α-hetero) is 1. The molecule has 212 valence electrons. The third-order valence-corrected chi connectivity index (χ3v) is 7.02. The molecule has 0 saturated carbocycles. The van der Waals surface area contributed by atoms with Gasteiger partial charge in [0.1, 0.15) is 30.3 Å². The van der Waals surface area contributed by atoms with E-state index in [4.69, 9.17) is 30.5 Å². The molecular weight excluding hydrogens is 546 g/mol. The minimum Gasteiger partial charge on any atom is -0.491 e. The minimum absolute atomic E-state index is 0.0266. The molecule has 0 aliphatic carbocycles. The van der Waals surface area contributed by atoms with E-state index in [-0.39, 0.29) is 36.8 Å². The van der Waals surface area contributed by atoms with E-state index in [0.717, 1.165) is 0 Å². The summed E-state index contributed by atoms with van der Waals surface area (Å²) in [7, 11) is 1.55. The number of ketones is 1. The van der Waals surface area contributed by atoms with Gasteiger partial charge < -0.3 is 24.3 Å². The maximum Gasteiger partial charge on any atom is 0.195 e. The van der Waals surface area contributed by atoms with E-state index in [1.807, 2.05) is 4.90 Å². The Morgan fingerprint density at radius 3 is 2.67 bits per heavy atom. The van der Waals surface area contributed by atoms with Gasteiger partial charge >= 0.3 is 0 Å². The number of benzene rings is 2. The summed E-state index contributed by atoms with van der Waals surface area (Å²) in [6, 6.07) is 7.56. The van der Waals surface area contributed by atoms with Crippen molar-refractivity contribution >= 4 is 39.8 Å². The van der Waals surface area contributed by atoms with E-state index in [1.54, 1.807) is 19.2 Å². The molecule has 2 atom stereocenters. The summed E-state index contributed by atoms with van der Waals surface area (Å²) in [4.78, 5) is 23.6. The van der Waals surface area contributed by atoms with Crippen molar-refractivity contribution in [2.24, 2.45) is 0 Å². The summed E-state index contributed by atoms with van der Waals surface area (Å²) < 4.78 is 50.9. The number of rotatable bonds is 11. The number of anilines is 2. The zero-order valence-corrected chi connectivity index (χ0v) is 22.6. The summed E-state index contributed by atoms with van der Waals surface area (Å²) >= 11 is 5.92. The Kier molecular flexibility index (Phi) is 9.18. The van der Waals surface area contributed by atoms with Gasteiger partial charge in [0.25, 0.3) is 0 Å². The molecule has 2 aromatic carbocycles. The molecule has 3 aromatic rings. The van der Waals surface area contributed by atoms with Gasteiger partial charge in [0.2, 0.25) is 0 Å². The van der Waals surface area contributed by atoms with E-state index < -0.39 is 17.4 Å². The number of halogens is 3. The van der Waals surface area contributed by atoms with Crippen molar-refractivity contribution < 1.29 is 32.5 Å². The lowest BCUT2D eigenvalue weighted by Crippen LogP contribution is -2.36. The van der Waals surface area contributed by atoms with E-state index in [1.165, 1.54) is 30.6 Å². The van der Waals surface area contributed by atoms with Gasteiger partial charge in [-0.3, -0.25) is 9.69 Å². The van der Waals surface area contributed by atoms with Crippen molar-refractivity contribution in [3.05, 3.63) is 65.0 Å². The number of carbonyl (C=O) groups excluding carboxylic acids is 1. The fraction of sp³-hybridized carbons (Fsp3) is 0.393. The van der Waals surface area contributed by atoms with Gasteiger partial charge in [-0.05, 0) is 30.3 Å². The summed E-state index contributed by atoms with van der Waals surface area (Å²) in [6.45, 7) is 3.18. The second-order valence-electron chi connectivity index (χ2n) is 9.48. The lowest BCUT2D eigenvalue weighted by Gasteiger charge is -2.24. The number of carbonyl (C=O) groups is 1. The Morgan fingerprint density at radius 2 is 1.95 bits per heavy atom. The highest BCUT2D eigenvalue weighted by atomic mass is 35.5. The minimum atomic E-state index is -0.830. The Labute approximate surface area is 235 Å². The molecule has 2 fully saturated rings. The molecule has 1 N–H and O–H groups in total. The van der Waals surface area contributed by atoms with Crippen LogP contribution in [-0.4, -0.2) is 86.0 Å². The number of nitrogens with one attached hydrogen (secondary N) is 1. The normalized spacial score (nSPS) is 19.6. The molecular formula is C28H29ClF2N4O5. The number of methoxy groups -OCH3 is 1. The van der Waals surface area contributed by atoms with Gasteiger partial charge in [0.05, 0.1) is 42.6 Å². The Morgan fingerprint density at radius 1 is 1.18 bits per heavy atom. The number of fused-ring (bicyclic) bond motifs is 2. The van der Waals surface area contributed by atoms with Gasteiger partial charge in [-0.1, -0.05) is 11.6 Å². The number of likely N-dealkylation sites (tertiary alicyclic amines) is 1. The van der Waals surface area contributed by atoms with Crippen LogP contribution in [0, 0.1) is 5.82 Å². The van der Waals surface area contributed by atoms with Crippen LogP contribution >= 0.6 is 11.6 Å². The van der Waals surface area contributed by atoms with Crippen molar-refractivity contribution in [1.29, 1.82) is 0 Å². The number of ether oxygens (including phenoxy) is 4. The van der Waals surface area contributed by atoms with Crippen LogP contribution in [0.15, 0.2) is 48.6 Å². The van der Waals surface area contributed by atoms with Crippen LogP contribution < -0.4 is 10.1 Å². The van der Waals surface area contributed by atoms with Crippen molar-refractivity contribution in [1.82, 2.24) is 14.9 Å². The number of hydrogen-bond acceptors (Lipinski definition) is 9. The third-order valence-electron chi connectivity index (χ3n) is 6.73. The standard InChI is InChI=1S/C28H29ClF2N4O5/c1-37-6-7-38-25-13-23-19(28(33-16-32-23)34-18-2-3-21(30)20(29)12-18)10-17(25)11-24(36)22(31)4-5-35-14-26-27(15-35)40-9-8-39-26/h2-4,10,12-13,16,26-27H,5-9,11,14-15H2,1H3,(H,32,33,34)/b22-4+/t26-,27+. The molecule has 12 heteroatoms. The van der Waals surface area contributed by atoms with Crippen LogP contribution in [0.1, 0.15) is 5.56 Å². The van der Waals surface area contributed by atoms with E-state index in [2.05, 4.69) is 15.3 Å². The monoisotopic (exact) mass is 574 g/mol. The number of allylic oxidation sites excluding steroid dienone is 1. The zero-order chi connectivity index (χ0) is 28.1. The quantitative estimate of drug-likeness (QED) is 0.266. The maximum atomic E-state index is 15.0. The Hall–Kier alpha value is -3.22. The molecule has 0 radical (unpaired) electrons. The fourth-order valence-electron chi connectivity index (χ4n) is 4.71. The first-order chi connectivity index (χ1) is 19.4. The lowest BCUT2D eigenvalue weighted by atomic mass is 10.0. The van der Waals surface area contributed by atoms with Crippen LogP contribution in [0.3, 0.4) is 0 Å². The van der Waals surface area contributed by atoms with E-state index in [9.17, 15) is 13.6 Å². The predicted octanol–water partition coefficient (Wildman–Crippen LogP) is 4.26. The maximum absolute atomic E-state index is 15.0. The molecule has 0 spiro atoms. The molecule has 5 rings (SSSR count).